The number of rotatable bonds is 7. The maximum atomic E-state index is 15.1. The fourth-order valence-corrected chi connectivity index (χ4v) is 3.73. The number of aromatic carboxylic acids is 1. The minimum atomic E-state index is -4.65. The highest BCUT2D eigenvalue weighted by Gasteiger charge is 2.34. The molecule has 9 nitrogen and oxygen atoms in total. The molecule has 0 bridgehead atoms. The normalized spacial score (nSPS) is 11.6. The van der Waals surface area contributed by atoms with E-state index >= 15 is 8.78 Å². The van der Waals surface area contributed by atoms with Crippen molar-refractivity contribution in [3.05, 3.63) is 47.0 Å². The molecule has 174 valence electrons. The summed E-state index contributed by atoms with van der Waals surface area (Å²) in [6.45, 7) is 4.60. The summed E-state index contributed by atoms with van der Waals surface area (Å²) in [6, 6.07) is 4.14. The Morgan fingerprint density at radius 3 is 2.00 bits per heavy atom. The maximum absolute atomic E-state index is 15.1. The van der Waals surface area contributed by atoms with E-state index in [4.69, 9.17) is 19.3 Å². The topological polar surface area (TPSA) is 128 Å². The monoisotopic (exact) mass is 473 g/mol. The summed E-state index contributed by atoms with van der Waals surface area (Å²) >= 11 is 0. The van der Waals surface area contributed by atoms with Gasteiger partial charge in [-0.1, -0.05) is 6.07 Å². The molecule has 0 aliphatic carbocycles. The number of carbonyl (C=O) groups excluding carboxylic acids is 1. The molecular formula is C20H21F2NO8S. The van der Waals surface area contributed by atoms with Crippen LogP contribution in [0.1, 0.15) is 41.5 Å². The highest BCUT2D eigenvalue weighted by Crippen LogP contribution is 2.41. The molecule has 2 N–H and O–H groups in total. The molecule has 0 aliphatic rings. The Kier molecular flexibility index (Phi) is 6.98. The lowest BCUT2D eigenvalue weighted by molar-refractivity contribution is 0.00614. The minimum absolute atomic E-state index is 0.357. The van der Waals surface area contributed by atoms with Crippen LogP contribution in [0.4, 0.5) is 14.5 Å². The third-order valence-electron chi connectivity index (χ3n) is 3.93. The molecule has 0 fully saturated rings. The average Bonchev–Trinajstić information content (AvgIpc) is 2.69. The van der Waals surface area contributed by atoms with Crippen LogP contribution >= 0.6 is 0 Å². The standard InChI is InChI=1S/C20H21F2NO8S/c1-20(2,3)31-19(26)12-16(29-4)13(21)15(14(22)17(12)30-5)23-32(27,28)11-8-6-7-10(9-11)18(24)25/h6-9,23H,1-5H3,(H,24,25). The first kappa shape index (κ1) is 24.9. The Morgan fingerprint density at radius 1 is 1.03 bits per heavy atom. The van der Waals surface area contributed by atoms with E-state index in [1.54, 1.807) is 4.72 Å². The van der Waals surface area contributed by atoms with Gasteiger partial charge >= 0.3 is 11.9 Å². The molecule has 2 rings (SSSR count). The molecule has 0 aliphatic heterocycles. The van der Waals surface area contributed by atoms with E-state index in [-0.39, 0.29) is 5.56 Å². The van der Waals surface area contributed by atoms with Gasteiger partial charge in [0, 0.05) is 0 Å². The van der Waals surface area contributed by atoms with Crippen LogP contribution in [0.15, 0.2) is 29.2 Å². The van der Waals surface area contributed by atoms with Gasteiger partial charge in [-0.2, -0.15) is 0 Å². The lowest BCUT2D eigenvalue weighted by Crippen LogP contribution is -2.25. The van der Waals surface area contributed by atoms with Crippen molar-refractivity contribution in [1.82, 2.24) is 0 Å². The molecule has 0 saturated heterocycles. The number of benzene rings is 2. The predicted molar refractivity (Wildman–Crippen MR) is 109 cm³/mol. The summed E-state index contributed by atoms with van der Waals surface area (Å²) in [4.78, 5) is 23.1. The third-order valence-corrected chi connectivity index (χ3v) is 5.28. The zero-order valence-corrected chi connectivity index (χ0v) is 18.6. The zero-order valence-electron chi connectivity index (χ0n) is 17.8. The maximum Gasteiger partial charge on any atom is 0.346 e. The molecule has 32 heavy (non-hydrogen) atoms. The van der Waals surface area contributed by atoms with Gasteiger partial charge in [0.1, 0.15) is 16.9 Å². The van der Waals surface area contributed by atoms with Crippen molar-refractivity contribution in [2.45, 2.75) is 31.3 Å². The van der Waals surface area contributed by atoms with Gasteiger partial charge in [-0.05, 0) is 39.0 Å². The first-order valence-electron chi connectivity index (χ1n) is 8.96. The number of esters is 1. The van der Waals surface area contributed by atoms with Crippen LogP contribution < -0.4 is 14.2 Å². The highest BCUT2D eigenvalue weighted by atomic mass is 32.2. The summed E-state index contributed by atoms with van der Waals surface area (Å²) in [6.07, 6.45) is 0. The fraction of sp³-hybridized carbons (Fsp3) is 0.300. The molecule has 0 saturated carbocycles. The van der Waals surface area contributed by atoms with Crippen molar-refractivity contribution < 1.29 is 46.1 Å². The molecule has 2 aromatic carbocycles. The molecule has 0 radical (unpaired) electrons. The second-order valence-corrected chi connectivity index (χ2v) is 9.07. The van der Waals surface area contributed by atoms with Crippen molar-refractivity contribution in [3.63, 3.8) is 0 Å². The molecule has 0 heterocycles. The molecule has 0 spiro atoms. The number of carboxylic acid groups (broad SMARTS) is 1. The minimum Gasteiger partial charge on any atom is -0.493 e. The van der Waals surface area contributed by atoms with Crippen LogP contribution in [0.5, 0.6) is 11.5 Å². The molecule has 0 atom stereocenters. The summed E-state index contributed by atoms with van der Waals surface area (Å²) < 4.78 is 72.2. The Bertz CT molecular complexity index is 1140. The number of sulfonamides is 1. The van der Waals surface area contributed by atoms with Crippen LogP contribution in [0.25, 0.3) is 0 Å². The lowest BCUT2D eigenvalue weighted by Gasteiger charge is -2.22. The van der Waals surface area contributed by atoms with Gasteiger partial charge in [0.2, 0.25) is 0 Å². The van der Waals surface area contributed by atoms with E-state index in [1.807, 2.05) is 0 Å². The van der Waals surface area contributed by atoms with E-state index in [2.05, 4.69) is 0 Å². The van der Waals surface area contributed by atoms with Gasteiger partial charge in [-0.15, -0.1) is 0 Å². The quantitative estimate of drug-likeness (QED) is 0.586. The number of anilines is 1. The number of carbonyl (C=O) groups is 2. The first-order valence-corrected chi connectivity index (χ1v) is 10.4. The number of hydrogen-bond donors (Lipinski definition) is 2. The lowest BCUT2D eigenvalue weighted by atomic mass is 10.1. The smallest absolute Gasteiger partial charge is 0.346 e. The SMILES string of the molecule is COc1c(F)c(NS(=O)(=O)c2cccc(C(=O)O)c2)c(F)c(OC)c1C(=O)OC(C)(C)C. The van der Waals surface area contributed by atoms with E-state index in [9.17, 15) is 18.0 Å². The van der Waals surface area contributed by atoms with Gasteiger partial charge in [-0.3, -0.25) is 4.72 Å². The van der Waals surface area contributed by atoms with Gasteiger partial charge in [-0.25, -0.2) is 26.8 Å². The van der Waals surface area contributed by atoms with Crippen LogP contribution in [0, 0.1) is 11.6 Å². The molecule has 0 amide bonds. The van der Waals surface area contributed by atoms with Crippen molar-refractivity contribution in [2.75, 3.05) is 18.9 Å². The number of hydrogen-bond acceptors (Lipinski definition) is 7. The Labute approximate surface area is 183 Å². The van der Waals surface area contributed by atoms with Crippen LogP contribution in [-0.2, 0) is 14.8 Å². The Morgan fingerprint density at radius 2 is 1.56 bits per heavy atom. The van der Waals surface area contributed by atoms with E-state index in [1.165, 1.54) is 20.8 Å². The predicted octanol–water partition coefficient (Wildman–Crippen LogP) is 3.44. The average molecular weight is 473 g/mol. The Hall–Kier alpha value is -3.41. The van der Waals surface area contributed by atoms with Crippen LogP contribution in [0.3, 0.4) is 0 Å². The van der Waals surface area contributed by atoms with Crippen molar-refractivity contribution in [2.24, 2.45) is 0 Å². The van der Waals surface area contributed by atoms with Crippen molar-refractivity contribution in [1.29, 1.82) is 0 Å². The largest absolute Gasteiger partial charge is 0.493 e. The van der Waals surface area contributed by atoms with Gasteiger partial charge in [0.15, 0.2) is 23.1 Å². The molecule has 0 unspecified atom stereocenters. The fourth-order valence-electron chi connectivity index (χ4n) is 2.62. The van der Waals surface area contributed by atoms with Gasteiger partial charge in [0.25, 0.3) is 10.0 Å². The first-order chi connectivity index (χ1) is 14.7. The van der Waals surface area contributed by atoms with Gasteiger partial charge in [0.05, 0.1) is 24.7 Å². The number of halogens is 2. The van der Waals surface area contributed by atoms with Crippen LogP contribution in [0.2, 0.25) is 0 Å². The summed E-state index contributed by atoms with van der Waals surface area (Å²) in [7, 11) is -2.68. The van der Waals surface area contributed by atoms with Crippen LogP contribution in [-0.4, -0.2) is 45.3 Å². The van der Waals surface area contributed by atoms with Crippen molar-refractivity contribution in [3.8, 4) is 11.5 Å². The van der Waals surface area contributed by atoms with E-state index < -0.39 is 66.8 Å². The second kappa shape index (κ2) is 8.99. The molecule has 12 heteroatoms. The number of carboxylic acids is 1. The zero-order chi connectivity index (χ0) is 24.4. The Balaban J connectivity index is 2.67. The van der Waals surface area contributed by atoms with E-state index in [0.717, 1.165) is 38.5 Å². The van der Waals surface area contributed by atoms with Gasteiger partial charge < -0.3 is 19.3 Å². The van der Waals surface area contributed by atoms with E-state index in [0.29, 0.717) is 0 Å². The molecule has 2 aromatic rings. The number of ether oxygens (including phenoxy) is 3. The third kappa shape index (κ3) is 5.07. The highest BCUT2D eigenvalue weighted by molar-refractivity contribution is 7.92. The second-order valence-electron chi connectivity index (χ2n) is 7.38. The summed E-state index contributed by atoms with van der Waals surface area (Å²) in [5.74, 6) is -7.25. The van der Waals surface area contributed by atoms with Crippen molar-refractivity contribution >= 4 is 27.6 Å². The summed E-state index contributed by atoms with van der Waals surface area (Å²) in [5, 5.41) is 9.04. The summed E-state index contributed by atoms with van der Waals surface area (Å²) in [5.41, 5.74) is -3.28. The molecule has 0 aromatic heterocycles. The molecular weight excluding hydrogens is 452 g/mol. The number of nitrogens with one attached hydrogen (secondary N) is 1. The number of methoxy groups -OCH3 is 2.